The summed E-state index contributed by atoms with van der Waals surface area (Å²) in [4.78, 5) is 8.88. The van der Waals surface area contributed by atoms with Crippen LogP contribution in [0.5, 0.6) is 0 Å². The zero-order valence-electron chi connectivity index (χ0n) is 14.1. The summed E-state index contributed by atoms with van der Waals surface area (Å²) in [5, 5.41) is 9.64. The Morgan fingerprint density at radius 3 is 2.65 bits per heavy atom. The number of ether oxygens (including phenoxy) is 1. The summed E-state index contributed by atoms with van der Waals surface area (Å²) in [6.45, 7) is 5.38. The predicted molar refractivity (Wildman–Crippen MR) is 96.8 cm³/mol. The van der Waals surface area contributed by atoms with Gasteiger partial charge in [0.05, 0.1) is 17.8 Å². The van der Waals surface area contributed by atoms with Gasteiger partial charge in [-0.15, -0.1) is 11.3 Å². The first-order valence-corrected chi connectivity index (χ1v) is 8.41. The molecule has 0 spiro atoms. The fourth-order valence-corrected chi connectivity index (χ4v) is 2.63. The fourth-order valence-electron chi connectivity index (χ4n) is 1.88. The standard InChI is InChI=1S/C17H24N4OS/c1-17(2,22-4)12-20-16(18-3)19-10-15-21-14(11-23-15)13-8-6-5-7-9-13/h5-9,11H,10,12H2,1-4H3,(H2,18,19,20). The average Bonchev–Trinajstić information content (AvgIpc) is 3.05. The van der Waals surface area contributed by atoms with Gasteiger partial charge in [-0.25, -0.2) is 4.98 Å². The lowest BCUT2D eigenvalue weighted by atomic mass is 10.1. The molecule has 2 aromatic rings. The summed E-state index contributed by atoms with van der Waals surface area (Å²) in [7, 11) is 3.46. The predicted octanol–water partition coefficient (Wildman–Crippen LogP) is 2.90. The molecule has 0 saturated carbocycles. The number of nitrogens with zero attached hydrogens (tertiary/aromatic N) is 2. The van der Waals surface area contributed by atoms with E-state index in [9.17, 15) is 0 Å². The molecule has 1 aromatic carbocycles. The van der Waals surface area contributed by atoms with Crippen LogP contribution in [0.1, 0.15) is 18.9 Å². The normalized spacial score (nSPS) is 12.3. The van der Waals surface area contributed by atoms with Gasteiger partial charge in [-0.1, -0.05) is 30.3 Å². The lowest BCUT2D eigenvalue weighted by Gasteiger charge is -2.24. The number of hydrogen-bond acceptors (Lipinski definition) is 4. The number of guanidine groups is 1. The Labute approximate surface area is 141 Å². The second-order valence-corrected chi connectivity index (χ2v) is 6.68. The first-order chi connectivity index (χ1) is 11.0. The molecule has 1 heterocycles. The molecular weight excluding hydrogens is 308 g/mol. The van der Waals surface area contributed by atoms with E-state index < -0.39 is 0 Å². The van der Waals surface area contributed by atoms with Crippen molar-refractivity contribution in [2.45, 2.75) is 26.0 Å². The molecule has 1 aromatic heterocycles. The maximum absolute atomic E-state index is 5.39. The Kier molecular flexibility index (Phi) is 6.12. The zero-order valence-corrected chi connectivity index (χ0v) is 14.9. The van der Waals surface area contributed by atoms with Gasteiger partial charge < -0.3 is 15.4 Å². The third kappa shape index (κ3) is 5.33. The van der Waals surface area contributed by atoms with Crippen molar-refractivity contribution in [3.8, 4) is 11.3 Å². The molecule has 0 fully saturated rings. The van der Waals surface area contributed by atoms with Crippen LogP contribution in [-0.2, 0) is 11.3 Å². The second kappa shape index (κ2) is 8.08. The minimum atomic E-state index is -0.237. The van der Waals surface area contributed by atoms with Crippen LogP contribution in [-0.4, -0.2) is 37.2 Å². The van der Waals surface area contributed by atoms with Gasteiger partial charge in [0.2, 0.25) is 0 Å². The minimum absolute atomic E-state index is 0.237. The number of hydrogen-bond donors (Lipinski definition) is 2. The maximum Gasteiger partial charge on any atom is 0.191 e. The van der Waals surface area contributed by atoms with Gasteiger partial charge in [-0.3, -0.25) is 4.99 Å². The Morgan fingerprint density at radius 2 is 2.00 bits per heavy atom. The number of aliphatic imine (C=N–C) groups is 1. The summed E-state index contributed by atoms with van der Waals surface area (Å²) in [5.41, 5.74) is 1.91. The molecule has 0 saturated heterocycles. The number of benzene rings is 1. The summed E-state index contributed by atoms with van der Waals surface area (Å²) in [6, 6.07) is 10.2. The maximum atomic E-state index is 5.39. The van der Waals surface area contributed by atoms with E-state index in [0.29, 0.717) is 13.1 Å². The highest BCUT2D eigenvalue weighted by Crippen LogP contribution is 2.21. The van der Waals surface area contributed by atoms with E-state index >= 15 is 0 Å². The van der Waals surface area contributed by atoms with Crippen LogP contribution in [0.25, 0.3) is 11.3 Å². The molecule has 0 aliphatic heterocycles. The Morgan fingerprint density at radius 1 is 1.26 bits per heavy atom. The topological polar surface area (TPSA) is 58.5 Å². The lowest BCUT2D eigenvalue weighted by Crippen LogP contribution is -2.45. The third-order valence-electron chi connectivity index (χ3n) is 3.49. The fraction of sp³-hybridized carbons (Fsp3) is 0.412. The molecule has 2 N–H and O–H groups in total. The molecule has 0 radical (unpaired) electrons. The molecule has 0 unspecified atom stereocenters. The van der Waals surface area contributed by atoms with Crippen LogP contribution in [0.3, 0.4) is 0 Å². The first-order valence-electron chi connectivity index (χ1n) is 7.53. The van der Waals surface area contributed by atoms with Crippen LogP contribution >= 0.6 is 11.3 Å². The van der Waals surface area contributed by atoms with E-state index in [-0.39, 0.29) is 5.60 Å². The van der Waals surface area contributed by atoms with Crippen molar-refractivity contribution in [1.82, 2.24) is 15.6 Å². The SMILES string of the molecule is CN=C(NCc1nc(-c2ccccc2)cs1)NCC(C)(C)OC. The molecule has 5 nitrogen and oxygen atoms in total. The van der Waals surface area contributed by atoms with Crippen LogP contribution < -0.4 is 10.6 Å². The highest BCUT2D eigenvalue weighted by molar-refractivity contribution is 7.09. The number of nitrogens with one attached hydrogen (secondary N) is 2. The van der Waals surface area contributed by atoms with E-state index in [2.05, 4.69) is 38.1 Å². The van der Waals surface area contributed by atoms with Crippen molar-refractivity contribution >= 4 is 17.3 Å². The van der Waals surface area contributed by atoms with E-state index in [1.807, 2.05) is 32.0 Å². The highest BCUT2D eigenvalue weighted by Gasteiger charge is 2.16. The van der Waals surface area contributed by atoms with Gasteiger partial charge in [0, 0.05) is 31.6 Å². The molecule has 23 heavy (non-hydrogen) atoms. The molecule has 6 heteroatoms. The molecule has 0 bridgehead atoms. The van der Waals surface area contributed by atoms with Gasteiger partial charge in [0.25, 0.3) is 0 Å². The van der Waals surface area contributed by atoms with Gasteiger partial charge in [0.15, 0.2) is 5.96 Å². The highest BCUT2D eigenvalue weighted by atomic mass is 32.1. The number of thiazole rings is 1. The van der Waals surface area contributed by atoms with Gasteiger partial charge >= 0.3 is 0 Å². The van der Waals surface area contributed by atoms with Crippen LogP contribution in [0.2, 0.25) is 0 Å². The van der Waals surface area contributed by atoms with Crippen molar-refractivity contribution in [2.75, 3.05) is 20.7 Å². The van der Waals surface area contributed by atoms with Crippen molar-refractivity contribution in [2.24, 2.45) is 4.99 Å². The second-order valence-electron chi connectivity index (χ2n) is 5.74. The minimum Gasteiger partial charge on any atom is -0.377 e. The largest absolute Gasteiger partial charge is 0.377 e. The van der Waals surface area contributed by atoms with Gasteiger partial charge in [-0.05, 0) is 13.8 Å². The molecule has 0 aliphatic carbocycles. The first kappa shape index (κ1) is 17.4. The van der Waals surface area contributed by atoms with Crippen molar-refractivity contribution < 1.29 is 4.74 Å². The third-order valence-corrected chi connectivity index (χ3v) is 4.33. The number of methoxy groups -OCH3 is 1. The molecule has 2 rings (SSSR count). The quantitative estimate of drug-likeness (QED) is 0.631. The van der Waals surface area contributed by atoms with Crippen LogP contribution in [0, 0.1) is 0 Å². The Bertz CT molecular complexity index is 637. The summed E-state index contributed by atoms with van der Waals surface area (Å²) >= 11 is 1.64. The molecule has 0 aliphatic rings. The van der Waals surface area contributed by atoms with E-state index in [1.165, 1.54) is 0 Å². The smallest absolute Gasteiger partial charge is 0.191 e. The van der Waals surface area contributed by atoms with E-state index in [1.54, 1.807) is 25.5 Å². The molecular formula is C17H24N4OS. The molecule has 0 amide bonds. The van der Waals surface area contributed by atoms with Gasteiger partial charge in [-0.2, -0.15) is 0 Å². The summed E-state index contributed by atoms with van der Waals surface area (Å²) in [5.74, 6) is 0.742. The molecule has 0 atom stereocenters. The summed E-state index contributed by atoms with van der Waals surface area (Å²) in [6.07, 6.45) is 0. The van der Waals surface area contributed by atoms with Crippen molar-refractivity contribution in [3.63, 3.8) is 0 Å². The Hall–Kier alpha value is -1.92. The van der Waals surface area contributed by atoms with Gasteiger partial charge in [0.1, 0.15) is 5.01 Å². The monoisotopic (exact) mass is 332 g/mol. The number of rotatable bonds is 6. The average molecular weight is 332 g/mol. The molecule has 124 valence electrons. The van der Waals surface area contributed by atoms with Crippen LogP contribution in [0.15, 0.2) is 40.7 Å². The zero-order chi connectivity index (χ0) is 16.7. The summed E-state index contributed by atoms with van der Waals surface area (Å²) < 4.78 is 5.39. The lowest BCUT2D eigenvalue weighted by molar-refractivity contribution is 0.0268. The van der Waals surface area contributed by atoms with E-state index in [4.69, 9.17) is 4.74 Å². The Balaban J connectivity index is 1.89. The van der Waals surface area contributed by atoms with Crippen molar-refractivity contribution in [3.05, 3.63) is 40.7 Å². The van der Waals surface area contributed by atoms with Crippen LogP contribution in [0.4, 0.5) is 0 Å². The van der Waals surface area contributed by atoms with E-state index in [0.717, 1.165) is 22.2 Å². The number of aromatic nitrogens is 1. The van der Waals surface area contributed by atoms with Crippen molar-refractivity contribution in [1.29, 1.82) is 0 Å².